The maximum absolute atomic E-state index is 11.8. The smallest absolute Gasteiger partial charge is 0.221 e. The molecule has 1 rings (SSSR count). The largest absolute Gasteiger partial charge is 0.356 e. The van der Waals surface area contributed by atoms with Crippen molar-refractivity contribution in [3.63, 3.8) is 0 Å². The lowest BCUT2D eigenvalue weighted by atomic mass is 9.95. The van der Waals surface area contributed by atoms with Gasteiger partial charge in [-0.2, -0.15) is 0 Å². The highest BCUT2D eigenvalue weighted by Crippen LogP contribution is 2.17. The van der Waals surface area contributed by atoms with E-state index in [0.29, 0.717) is 19.0 Å². The van der Waals surface area contributed by atoms with Crippen molar-refractivity contribution in [2.75, 3.05) is 20.1 Å². The van der Waals surface area contributed by atoms with Gasteiger partial charge in [-0.05, 0) is 19.3 Å². The van der Waals surface area contributed by atoms with Crippen molar-refractivity contribution < 1.29 is 4.79 Å². The van der Waals surface area contributed by atoms with Gasteiger partial charge >= 0.3 is 0 Å². The first-order valence-corrected chi connectivity index (χ1v) is 8.00. The second-order valence-corrected chi connectivity index (χ2v) is 5.43. The summed E-state index contributed by atoms with van der Waals surface area (Å²) < 4.78 is 0. The fourth-order valence-electron chi connectivity index (χ4n) is 2.45. The van der Waals surface area contributed by atoms with E-state index in [0.717, 1.165) is 38.2 Å². The number of aliphatic imine (C=N–C) groups is 1. The number of nitrogens with one attached hydrogen (secondary N) is 3. The van der Waals surface area contributed by atoms with Crippen molar-refractivity contribution in [1.82, 2.24) is 16.0 Å². The fourth-order valence-corrected chi connectivity index (χ4v) is 2.45. The van der Waals surface area contributed by atoms with E-state index in [1.54, 1.807) is 7.05 Å². The summed E-state index contributed by atoms with van der Waals surface area (Å²) in [5, 5.41) is 9.53. The molecule has 0 bridgehead atoms. The van der Waals surface area contributed by atoms with Crippen LogP contribution in [0.3, 0.4) is 0 Å². The molecule has 0 saturated heterocycles. The van der Waals surface area contributed by atoms with Gasteiger partial charge in [-0.3, -0.25) is 9.79 Å². The minimum Gasteiger partial charge on any atom is -0.356 e. The third-order valence-corrected chi connectivity index (χ3v) is 3.66. The van der Waals surface area contributed by atoms with E-state index in [-0.39, 0.29) is 29.9 Å². The van der Waals surface area contributed by atoms with E-state index in [1.165, 1.54) is 19.3 Å². The standard InChI is InChI=1S/C15H30N4O.HI/c1-3-4-11-17-15(16-2)18-12-10-14(20)19-13-8-6-5-7-9-13;/h13H,3-12H2,1-2H3,(H,19,20)(H2,16,17,18);1H. The van der Waals surface area contributed by atoms with Crippen LogP contribution >= 0.6 is 24.0 Å². The highest BCUT2D eigenvalue weighted by molar-refractivity contribution is 14.0. The summed E-state index contributed by atoms with van der Waals surface area (Å²) >= 11 is 0. The first-order chi connectivity index (χ1) is 9.76. The third kappa shape index (κ3) is 9.92. The lowest BCUT2D eigenvalue weighted by Crippen LogP contribution is -2.41. The first-order valence-electron chi connectivity index (χ1n) is 8.00. The average molecular weight is 410 g/mol. The highest BCUT2D eigenvalue weighted by atomic mass is 127. The topological polar surface area (TPSA) is 65.5 Å². The monoisotopic (exact) mass is 410 g/mol. The van der Waals surface area contributed by atoms with Crippen molar-refractivity contribution >= 4 is 35.8 Å². The molecule has 6 heteroatoms. The number of nitrogens with zero attached hydrogens (tertiary/aromatic N) is 1. The Bertz CT molecular complexity index is 304. The minimum absolute atomic E-state index is 0. The van der Waals surface area contributed by atoms with Crippen molar-refractivity contribution in [3.05, 3.63) is 0 Å². The van der Waals surface area contributed by atoms with Gasteiger partial charge in [-0.15, -0.1) is 24.0 Å². The second-order valence-electron chi connectivity index (χ2n) is 5.43. The summed E-state index contributed by atoms with van der Waals surface area (Å²) in [5.74, 6) is 0.928. The Hall–Kier alpha value is -0.530. The van der Waals surface area contributed by atoms with Crippen LogP contribution in [0, 0.1) is 0 Å². The predicted molar refractivity (Wildman–Crippen MR) is 99.3 cm³/mol. The molecule has 1 aliphatic rings. The molecule has 124 valence electrons. The Kier molecular flexibility index (Phi) is 12.8. The molecule has 0 radical (unpaired) electrons. The number of carbonyl (C=O) groups is 1. The zero-order chi connectivity index (χ0) is 14.6. The Morgan fingerprint density at radius 1 is 1.14 bits per heavy atom. The average Bonchev–Trinajstić information content (AvgIpc) is 2.47. The molecule has 0 aromatic heterocycles. The van der Waals surface area contributed by atoms with Gasteiger partial charge in [0.05, 0.1) is 0 Å². The number of carbonyl (C=O) groups excluding carboxylic acids is 1. The predicted octanol–water partition coefficient (Wildman–Crippen LogP) is 2.41. The molecule has 5 nitrogen and oxygen atoms in total. The molecule has 0 unspecified atom stereocenters. The Balaban J connectivity index is 0.00000400. The van der Waals surface area contributed by atoms with Gasteiger partial charge in [0, 0.05) is 32.6 Å². The lowest BCUT2D eigenvalue weighted by molar-refractivity contribution is -0.121. The Morgan fingerprint density at radius 3 is 2.43 bits per heavy atom. The van der Waals surface area contributed by atoms with Crippen LogP contribution < -0.4 is 16.0 Å². The van der Waals surface area contributed by atoms with Crippen LogP contribution in [0.1, 0.15) is 58.3 Å². The molecule has 0 aromatic carbocycles. The molecular formula is C15H31IN4O. The lowest BCUT2D eigenvalue weighted by Gasteiger charge is -2.22. The van der Waals surface area contributed by atoms with Crippen LogP contribution in [0.15, 0.2) is 4.99 Å². The van der Waals surface area contributed by atoms with Crippen molar-refractivity contribution in [2.45, 2.75) is 64.3 Å². The molecular weight excluding hydrogens is 379 g/mol. The molecule has 3 N–H and O–H groups in total. The van der Waals surface area contributed by atoms with E-state index in [4.69, 9.17) is 0 Å². The Morgan fingerprint density at radius 2 is 1.81 bits per heavy atom. The summed E-state index contributed by atoms with van der Waals surface area (Å²) in [6.45, 7) is 3.71. The molecule has 1 amide bonds. The zero-order valence-electron chi connectivity index (χ0n) is 13.4. The molecule has 0 aromatic rings. The summed E-state index contributed by atoms with van der Waals surface area (Å²) in [4.78, 5) is 16.0. The molecule has 0 heterocycles. The third-order valence-electron chi connectivity index (χ3n) is 3.66. The molecule has 0 aliphatic heterocycles. The van der Waals surface area contributed by atoms with Gasteiger partial charge in [-0.25, -0.2) is 0 Å². The molecule has 1 fully saturated rings. The van der Waals surface area contributed by atoms with Gasteiger partial charge in [0.25, 0.3) is 0 Å². The van der Waals surface area contributed by atoms with Crippen LogP contribution in [0.2, 0.25) is 0 Å². The minimum atomic E-state index is 0. The summed E-state index contributed by atoms with van der Waals surface area (Å²) in [6, 6.07) is 0.401. The number of unbranched alkanes of at least 4 members (excludes halogenated alkanes) is 1. The zero-order valence-corrected chi connectivity index (χ0v) is 15.7. The van der Waals surface area contributed by atoms with E-state index in [1.807, 2.05) is 0 Å². The van der Waals surface area contributed by atoms with Gasteiger partial charge in [0.1, 0.15) is 0 Å². The van der Waals surface area contributed by atoms with Gasteiger partial charge < -0.3 is 16.0 Å². The number of guanidine groups is 1. The molecule has 21 heavy (non-hydrogen) atoms. The Labute approximate surface area is 146 Å². The van der Waals surface area contributed by atoms with Crippen LogP contribution in [0.4, 0.5) is 0 Å². The normalized spacial score (nSPS) is 16.0. The van der Waals surface area contributed by atoms with Crippen LogP contribution in [0.25, 0.3) is 0 Å². The maximum Gasteiger partial charge on any atom is 0.221 e. The summed E-state index contributed by atoms with van der Waals surface area (Å²) in [5.41, 5.74) is 0. The van der Waals surface area contributed by atoms with Crippen LogP contribution in [-0.2, 0) is 4.79 Å². The second kappa shape index (κ2) is 13.2. The fraction of sp³-hybridized carbons (Fsp3) is 0.867. The van der Waals surface area contributed by atoms with Crippen molar-refractivity contribution in [2.24, 2.45) is 4.99 Å². The van der Waals surface area contributed by atoms with E-state index in [9.17, 15) is 4.79 Å². The van der Waals surface area contributed by atoms with E-state index < -0.39 is 0 Å². The molecule has 1 aliphatic carbocycles. The summed E-state index contributed by atoms with van der Waals surface area (Å²) in [7, 11) is 1.75. The molecule has 0 spiro atoms. The molecule has 0 atom stereocenters. The summed E-state index contributed by atoms with van der Waals surface area (Å²) in [6.07, 6.45) is 8.88. The van der Waals surface area contributed by atoms with Crippen molar-refractivity contribution in [1.29, 1.82) is 0 Å². The highest BCUT2D eigenvalue weighted by Gasteiger charge is 2.15. The number of hydrogen-bond acceptors (Lipinski definition) is 2. The van der Waals surface area contributed by atoms with Gasteiger partial charge in [0.2, 0.25) is 5.91 Å². The number of amides is 1. The van der Waals surface area contributed by atoms with Crippen LogP contribution in [-0.4, -0.2) is 38.0 Å². The molecule has 1 saturated carbocycles. The maximum atomic E-state index is 11.8. The van der Waals surface area contributed by atoms with Gasteiger partial charge in [0.15, 0.2) is 5.96 Å². The van der Waals surface area contributed by atoms with Crippen LogP contribution in [0.5, 0.6) is 0 Å². The quantitative estimate of drug-likeness (QED) is 0.261. The first kappa shape index (κ1) is 20.5. The van der Waals surface area contributed by atoms with E-state index in [2.05, 4.69) is 27.9 Å². The number of hydrogen-bond donors (Lipinski definition) is 3. The SMILES string of the molecule is CCCCNC(=NC)NCCC(=O)NC1CCCCC1.I. The van der Waals surface area contributed by atoms with Crippen molar-refractivity contribution in [3.8, 4) is 0 Å². The number of rotatable bonds is 7. The van der Waals surface area contributed by atoms with Gasteiger partial charge in [-0.1, -0.05) is 32.6 Å². The van der Waals surface area contributed by atoms with E-state index >= 15 is 0 Å². The number of halogens is 1.